The van der Waals surface area contributed by atoms with Gasteiger partial charge in [0.2, 0.25) is 0 Å². The summed E-state index contributed by atoms with van der Waals surface area (Å²) in [6, 6.07) is 11.1. The van der Waals surface area contributed by atoms with Crippen LogP contribution in [-0.4, -0.2) is 12.4 Å². The number of hydrogen-bond acceptors (Lipinski definition) is 1. The van der Waals surface area contributed by atoms with Gasteiger partial charge in [0.25, 0.3) is 0 Å². The fourth-order valence-electron chi connectivity index (χ4n) is 3.24. The Morgan fingerprint density at radius 1 is 1.24 bits per heavy atom. The van der Waals surface area contributed by atoms with E-state index in [1.165, 1.54) is 11.6 Å². The van der Waals surface area contributed by atoms with E-state index in [0.717, 1.165) is 41.5 Å². The molecule has 0 radical (unpaired) electrons. The molecule has 0 spiro atoms. The number of amidine groups is 1. The average molecular weight is 422 g/mol. The van der Waals surface area contributed by atoms with Gasteiger partial charge in [0, 0.05) is 16.7 Å². The smallest absolute Gasteiger partial charge is 0.145 e. The van der Waals surface area contributed by atoms with E-state index in [4.69, 9.17) is 11.6 Å². The lowest BCUT2D eigenvalue weighted by Gasteiger charge is -2.28. The first-order valence-electron chi connectivity index (χ1n) is 8.22. The molecule has 0 aromatic heterocycles. The molecule has 2 aromatic rings. The molecule has 3 rings (SSSR count). The summed E-state index contributed by atoms with van der Waals surface area (Å²) in [5, 5.41) is 0.137. The van der Waals surface area contributed by atoms with Gasteiger partial charge in [0.1, 0.15) is 16.8 Å². The Hall–Kier alpha value is -1.65. The van der Waals surface area contributed by atoms with Crippen LogP contribution in [0.3, 0.4) is 0 Å². The predicted octanol–water partition coefficient (Wildman–Crippen LogP) is 6.20. The molecule has 0 bridgehead atoms. The lowest BCUT2D eigenvalue weighted by molar-refractivity contribution is 0.623. The highest BCUT2D eigenvalue weighted by Crippen LogP contribution is 2.34. The Morgan fingerprint density at radius 2 is 2.00 bits per heavy atom. The van der Waals surface area contributed by atoms with Crippen LogP contribution in [0.15, 0.2) is 57.6 Å². The quantitative estimate of drug-likeness (QED) is 0.320. The van der Waals surface area contributed by atoms with E-state index in [0.29, 0.717) is 11.4 Å². The van der Waals surface area contributed by atoms with Crippen molar-refractivity contribution in [1.82, 2.24) is 0 Å². The molecular weight excluding hydrogens is 403 g/mol. The molecule has 1 aliphatic rings. The molecule has 0 saturated carbocycles. The zero-order valence-corrected chi connectivity index (χ0v) is 16.4. The highest BCUT2D eigenvalue weighted by molar-refractivity contribution is 9.10. The third-order valence-electron chi connectivity index (χ3n) is 4.37. The van der Waals surface area contributed by atoms with Crippen molar-refractivity contribution in [3.05, 3.63) is 75.1 Å². The van der Waals surface area contributed by atoms with Gasteiger partial charge in [-0.2, -0.15) is 0 Å². The van der Waals surface area contributed by atoms with E-state index in [1.807, 2.05) is 31.2 Å². The molecule has 1 aliphatic heterocycles. The van der Waals surface area contributed by atoms with Gasteiger partial charge < -0.3 is 4.90 Å². The number of aliphatic imine (C=N–C) groups is 1. The minimum Gasteiger partial charge on any atom is -0.325 e. The molecule has 0 unspecified atom stereocenters. The molecular formula is C20H19BrClFN2. The summed E-state index contributed by atoms with van der Waals surface area (Å²) in [5.74, 6) is 0.203. The molecule has 0 saturated heterocycles. The minimum absolute atomic E-state index is 0.137. The summed E-state index contributed by atoms with van der Waals surface area (Å²) in [5.41, 5.74) is 3.53. The van der Waals surface area contributed by atoms with Gasteiger partial charge in [-0.3, -0.25) is 0 Å². The maximum Gasteiger partial charge on any atom is 0.145 e. The predicted molar refractivity (Wildman–Crippen MR) is 107 cm³/mol. The molecule has 0 fully saturated rings. The summed E-state index contributed by atoms with van der Waals surface area (Å²) in [7, 11) is 0. The first-order chi connectivity index (χ1) is 12.0. The normalized spacial score (nSPS) is 14.9. The lowest BCUT2D eigenvalue weighted by atomic mass is 10.0. The van der Waals surface area contributed by atoms with Gasteiger partial charge in [-0.05, 0) is 55.5 Å². The summed E-state index contributed by atoms with van der Waals surface area (Å²) in [6.45, 7) is 6.32. The van der Waals surface area contributed by atoms with E-state index >= 15 is 0 Å². The van der Waals surface area contributed by atoms with Crippen LogP contribution in [0.5, 0.6) is 0 Å². The van der Waals surface area contributed by atoms with Crippen molar-refractivity contribution in [2.45, 2.75) is 26.2 Å². The molecule has 0 atom stereocenters. The van der Waals surface area contributed by atoms with Gasteiger partial charge in [-0.15, -0.1) is 0 Å². The Bertz CT molecular complexity index is 827. The maximum absolute atomic E-state index is 14.7. The third-order valence-corrected chi connectivity index (χ3v) is 5.20. The largest absolute Gasteiger partial charge is 0.325 e. The fourth-order valence-corrected chi connectivity index (χ4v) is 3.88. The molecule has 2 nitrogen and oxygen atoms in total. The number of rotatable bonds is 2. The van der Waals surface area contributed by atoms with Crippen LogP contribution in [0.4, 0.5) is 10.1 Å². The molecule has 130 valence electrons. The van der Waals surface area contributed by atoms with Gasteiger partial charge >= 0.3 is 0 Å². The molecule has 0 amide bonds. The standard InChI is InChI=1S/C20H19BrClFN2/c1-13-7-5-10-17(23)19(13)20(24-14(2)22)25-12-4-3-8-15-16(21)9-6-11-18(15)25/h5-7,9-11H,2-4,8,12H2,1H3/b24-20+. The number of anilines is 1. The van der Waals surface area contributed by atoms with Crippen LogP contribution in [0.25, 0.3) is 0 Å². The van der Waals surface area contributed by atoms with E-state index in [9.17, 15) is 4.39 Å². The SMILES string of the molecule is C=C(Cl)/N=C(\c1c(C)cccc1F)N1CCCCc2c(Br)cccc21. The van der Waals surface area contributed by atoms with E-state index in [2.05, 4.69) is 32.4 Å². The molecule has 0 aliphatic carbocycles. The average Bonchev–Trinajstić information content (AvgIpc) is 2.77. The minimum atomic E-state index is -0.308. The highest BCUT2D eigenvalue weighted by Gasteiger charge is 2.25. The number of halogens is 3. The van der Waals surface area contributed by atoms with Crippen LogP contribution in [-0.2, 0) is 6.42 Å². The van der Waals surface area contributed by atoms with Crippen molar-refractivity contribution in [3.63, 3.8) is 0 Å². The van der Waals surface area contributed by atoms with Crippen LogP contribution in [0.2, 0.25) is 0 Å². The third kappa shape index (κ3) is 3.80. The van der Waals surface area contributed by atoms with Crippen LogP contribution >= 0.6 is 27.5 Å². The molecule has 1 heterocycles. The van der Waals surface area contributed by atoms with Crippen molar-refractivity contribution < 1.29 is 4.39 Å². The zero-order valence-electron chi connectivity index (χ0n) is 14.0. The highest BCUT2D eigenvalue weighted by atomic mass is 79.9. The van der Waals surface area contributed by atoms with Crippen molar-refractivity contribution in [2.24, 2.45) is 4.99 Å². The zero-order chi connectivity index (χ0) is 18.0. The van der Waals surface area contributed by atoms with Gasteiger partial charge in [-0.1, -0.05) is 52.3 Å². The Balaban J connectivity index is 2.22. The van der Waals surface area contributed by atoms with Crippen molar-refractivity contribution in [1.29, 1.82) is 0 Å². The maximum atomic E-state index is 14.7. The number of hydrogen-bond donors (Lipinski definition) is 0. The molecule has 25 heavy (non-hydrogen) atoms. The van der Waals surface area contributed by atoms with E-state index < -0.39 is 0 Å². The van der Waals surface area contributed by atoms with Gasteiger partial charge in [-0.25, -0.2) is 9.38 Å². The molecule has 0 N–H and O–H groups in total. The summed E-state index contributed by atoms with van der Waals surface area (Å²) in [4.78, 5) is 6.48. The Morgan fingerprint density at radius 3 is 2.72 bits per heavy atom. The van der Waals surface area contributed by atoms with Crippen LogP contribution in [0.1, 0.15) is 29.5 Å². The topological polar surface area (TPSA) is 15.6 Å². The second kappa shape index (κ2) is 7.71. The first kappa shape index (κ1) is 18.2. The van der Waals surface area contributed by atoms with Crippen molar-refractivity contribution in [3.8, 4) is 0 Å². The number of benzene rings is 2. The summed E-state index contributed by atoms with van der Waals surface area (Å²) < 4.78 is 15.7. The lowest BCUT2D eigenvalue weighted by Crippen LogP contribution is -2.34. The number of nitrogens with zero attached hydrogens (tertiary/aromatic N) is 2. The van der Waals surface area contributed by atoms with Crippen molar-refractivity contribution >= 4 is 39.1 Å². The van der Waals surface area contributed by atoms with Crippen LogP contribution < -0.4 is 4.90 Å². The summed E-state index contributed by atoms with van der Waals surface area (Å²) in [6.07, 6.45) is 3.03. The van der Waals surface area contributed by atoms with Crippen molar-refractivity contribution in [2.75, 3.05) is 11.4 Å². The van der Waals surface area contributed by atoms with E-state index in [-0.39, 0.29) is 11.0 Å². The second-order valence-electron chi connectivity index (χ2n) is 6.09. The molecule has 2 aromatic carbocycles. The van der Waals surface area contributed by atoms with Gasteiger partial charge in [0.15, 0.2) is 0 Å². The second-order valence-corrected chi connectivity index (χ2v) is 7.38. The van der Waals surface area contributed by atoms with Gasteiger partial charge in [0.05, 0.1) is 5.56 Å². The first-order valence-corrected chi connectivity index (χ1v) is 9.39. The number of aryl methyl sites for hydroxylation is 1. The number of fused-ring (bicyclic) bond motifs is 1. The fraction of sp³-hybridized carbons (Fsp3) is 0.250. The molecule has 5 heteroatoms. The van der Waals surface area contributed by atoms with Crippen LogP contribution in [0, 0.1) is 12.7 Å². The Kier molecular flexibility index (Phi) is 5.60. The monoisotopic (exact) mass is 420 g/mol. The summed E-state index contributed by atoms with van der Waals surface area (Å²) >= 11 is 9.65. The van der Waals surface area contributed by atoms with E-state index in [1.54, 1.807) is 6.07 Å². The Labute approximate surface area is 161 Å².